The lowest BCUT2D eigenvalue weighted by molar-refractivity contribution is -0.255. The first-order valence-corrected chi connectivity index (χ1v) is 13.2. The highest BCUT2D eigenvalue weighted by Gasteiger charge is 2.52. The minimum atomic E-state index is -1.36. The third-order valence-corrected chi connectivity index (χ3v) is 5.26. The summed E-state index contributed by atoms with van der Waals surface area (Å²) in [6, 6.07) is -0.449. The van der Waals surface area contributed by atoms with Gasteiger partial charge in [0.15, 0.2) is 24.5 Å². The fourth-order valence-electron chi connectivity index (χ4n) is 3.70. The predicted octanol–water partition coefficient (Wildman–Crippen LogP) is 1.65. The molecule has 1 aliphatic heterocycles. The zero-order valence-corrected chi connectivity index (χ0v) is 24.9. The van der Waals surface area contributed by atoms with Gasteiger partial charge in [-0.15, -0.1) is 0 Å². The molecule has 1 aliphatic rings. The number of hydrogen-bond acceptors (Lipinski definition) is 13. The van der Waals surface area contributed by atoms with Crippen LogP contribution in [0.1, 0.15) is 68.2 Å². The van der Waals surface area contributed by atoms with Crippen molar-refractivity contribution in [1.29, 1.82) is 0 Å². The fraction of sp³-hybridized carbons (Fsp3) is 0.760. The second-order valence-electron chi connectivity index (χ2n) is 9.99. The molecule has 0 aliphatic carbocycles. The maximum atomic E-state index is 12.2. The van der Waals surface area contributed by atoms with Crippen LogP contribution in [-0.4, -0.2) is 90.6 Å². The molecule has 0 aromatic heterocycles. The van der Waals surface area contributed by atoms with Gasteiger partial charge in [-0.1, -0.05) is 13.3 Å². The Kier molecular flexibility index (Phi) is 14.1. The fourth-order valence-corrected chi connectivity index (χ4v) is 3.88. The summed E-state index contributed by atoms with van der Waals surface area (Å²) in [6.45, 7) is 11.3. The number of carbonyl (C=O) groups excluding carboxylic acids is 5. The number of thiocarbonyl (C=S) groups is 1. The molecule has 2 N–H and O–H groups in total. The molecule has 0 aromatic carbocycles. The third kappa shape index (κ3) is 13.2. The van der Waals surface area contributed by atoms with Gasteiger partial charge in [0.05, 0.1) is 6.04 Å². The van der Waals surface area contributed by atoms with Gasteiger partial charge in [-0.3, -0.25) is 19.2 Å². The molecule has 6 atom stereocenters. The Morgan fingerprint density at radius 1 is 0.850 bits per heavy atom. The number of nitrogens with one attached hydrogen (secondary N) is 2. The largest absolute Gasteiger partial charge is 0.469 e. The Balaban J connectivity index is 3.14. The van der Waals surface area contributed by atoms with Gasteiger partial charge < -0.3 is 43.8 Å². The van der Waals surface area contributed by atoms with E-state index in [-0.39, 0.29) is 18.4 Å². The van der Waals surface area contributed by atoms with E-state index in [0.29, 0.717) is 6.42 Å². The molecule has 1 fully saturated rings. The van der Waals surface area contributed by atoms with E-state index in [2.05, 4.69) is 10.6 Å². The summed E-state index contributed by atoms with van der Waals surface area (Å²) in [5.74, 6) is -2.90. The topological polar surface area (TPSA) is 174 Å². The van der Waals surface area contributed by atoms with Crippen molar-refractivity contribution in [3.63, 3.8) is 0 Å². The first kappa shape index (κ1) is 34.8. The van der Waals surface area contributed by atoms with Gasteiger partial charge in [0.1, 0.15) is 24.9 Å². The number of rotatable bonds is 11. The Hall–Kier alpha value is -3.20. The van der Waals surface area contributed by atoms with E-state index in [4.69, 9.17) is 45.4 Å². The first-order chi connectivity index (χ1) is 18.5. The van der Waals surface area contributed by atoms with Crippen molar-refractivity contribution < 1.29 is 57.1 Å². The van der Waals surface area contributed by atoms with Crippen LogP contribution >= 0.6 is 12.2 Å². The lowest BCUT2D eigenvalue weighted by Gasteiger charge is -2.44. The van der Waals surface area contributed by atoms with Crippen LogP contribution in [0.25, 0.3) is 0 Å². The Morgan fingerprint density at radius 3 is 1.90 bits per heavy atom. The molecule has 6 unspecified atom stereocenters. The van der Waals surface area contributed by atoms with E-state index in [9.17, 15) is 24.0 Å². The van der Waals surface area contributed by atoms with Gasteiger partial charge >= 0.3 is 30.0 Å². The molecule has 14 nitrogen and oxygen atoms in total. The molecule has 0 radical (unpaired) electrons. The van der Waals surface area contributed by atoms with Crippen LogP contribution < -0.4 is 10.6 Å². The molecule has 228 valence electrons. The van der Waals surface area contributed by atoms with Crippen molar-refractivity contribution >= 4 is 47.4 Å². The number of esters is 4. The van der Waals surface area contributed by atoms with Gasteiger partial charge in [-0.05, 0) is 39.4 Å². The maximum Gasteiger partial charge on any atom is 0.407 e. The summed E-state index contributed by atoms with van der Waals surface area (Å²) >= 11 is 5.30. The number of alkyl carbamates (subject to hydrolysis) is 1. The molecule has 0 saturated carbocycles. The minimum Gasteiger partial charge on any atom is -0.469 e. The normalized spacial score (nSPS) is 23.1. The average molecular weight is 593 g/mol. The van der Waals surface area contributed by atoms with Crippen LogP contribution in [0, 0.1) is 0 Å². The SMILES string of the molecule is CCCC(COC(=S)NC1OC(COC(C)=O)C(OC(C)=O)C(OC(C)=O)C1OC(C)=O)NC(=O)OC(C)(C)C. The molecular weight excluding hydrogens is 552 g/mol. The van der Waals surface area contributed by atoms with E-state index in [1.165, 1.54) is 6.92 Å². The molecule has 1 saturated heterocycles. The van der Waals surface area contributed by atoms with Crippen molar-refractivity contribution in [3.8, 4) is 0 Å². The Morgan fingerprint density at radius 2 is 1.40 bits per heavy atom. The lowest BCUT2D eigenvalue weighted by Crippen LogP contribution is -2.66. The van der Waals surface area contributed by atoms with Crippen molar-refractivity contribution in [1.82, 2.24) is 10.6 Å². The summed E-state index contributed by atoms with van der Waals surface area (Å²) in [4.78, 5) is 59.4. The quantitative estimate of drug-likeness (QED) is 0.201. The molecule has 0 spiro atoms. The van der Waals surface area contributed by atoms with E-state index in [0.717, 1.165) is 27.2 Å². The van der Waals surface area contributed by atoms with Gasteiger partial charge in [-0.2, -0.15) is 0 Å². The average Bonchev–Trinajstić information content (AvgIpc) is 2.78. The standard InChI is InChI=1S/C25H40N2O12S/c1-9-10-17(26-23(32)39-25(6,7)8)11-34-24(40)27-22-21(37-16(5)31)20(36-15(4)30)19(35-14(3)29)18(38-22)12-33-13(2)28/h17-22H,9-12H2,1-8H3,(H,26,32)(H,27,40). The summed E-state index contributed by atoms with van der Waals surface area (Å²) < 4.78 is 38.0. The van der Waals surface area contributed by atoms with Gasteiger partial charge in [0.2, 0.25) is 0 Å². The second-order valence-corrected chi connectivity index (χ2v) is 10.4. The molecule has 0 aromatic rings. The van der Waals surface area contributed by atoms with Gasteiger partial charge in [0.25, 0.3) is 5.17 Å². The first-order valence-electron chi connectivity index (χ1n) is 12.8. The van der Waals surface area contributed by atoms with E-state index >= 15 is 0 Å². The highest BCUT2D eigenvalue weighted by molar-refractivity contribution is 7.80. The summed E-state index contributed by atoms with van der Waals surface area (Å²) in [6.07, 6.45) is -5.78. The monoisotopic (exact) mass is 592 g/mol. The minimum absolute atomic E-state index is 0.0375. The van der Waals surface area contributed by atoms with Crippen LogP contribution in [0.3, 0.4) is 0 Å². The highest BCUT2D eigenvalue weighted by atomic mass is 32.1. The summed E-state index contributed by atoms with van der Waals surface area (Å²) in [7, 11) is 0. The Labute approximate surface area is 239 Å². The molecule has 15 heteroatoms. The van der Waals surface area contributed by atoms with Crippen molar-refractivity contribution in [3.05, 3.63) is 0 Å². The Bertz CT molecular complexity index is 922. The van der Waals surface area contributed by atoms with E-state index < -0.39 is 72.3 Å². The number of amides is 1. The van der Waals surface area contributed by atoms with Crippen LogP contribution in [-0.2, 0) is 52.3 Å². The maximum absolute atomic E-state index is 12.2. The number of ether oxygens (including phenoxy) is 7. The van der Waals surface area contributed by atoms with Crippen molar-refractivity contribution in [2.75, 3.05) is 13.2 Å². The molecule has 1 amide bonds. The van der Waals surface area contributed by atoms with E-state index in [1.54, 1.807) is 20.8 Å². The predicted molar refractivity (Wildman–Crippen MR) is 142 cm³/mol. The second kappa shape index (κ2) is 16.2. The summed E-state index contributed by atoms with van der Waals surface area (Å²) in [5, 5.41) is 5.28. The van der Waals surface area contributed by atoms with Crippen molar-refractivity contribution in [2.24, 2.45) is 0 Å². The van der Waals surface area contributed by atoms with E-state index in [1.807, 2.05) is 6.92 Å². The third-order valence-electron chi connectivity index (χ3n) is 5.02. The zero-order chi connectivity index (χ0) is 30.6. The van der Waals surface area contributed by atoms with Crippen molar-refractivity contribution in [2.45, 2.75) is 111 Å². The zero-order valence-electron chi connectivity index (χ0n) is 24.1. The number of hydrogen-bond donors (Lipinski definition) is 2. The smallest absolute Gasteiger partial charge is 0.407 e. The molecular formula is C25H40N2O12S. The molecule has 1 heterocycles. The van der Waals surface area contributed by atoms with Crippen LogP contribution in [0.15, 0.2) is 0 Å². The molecule has 1 rings (SSSR count). The van der Waals surface area contributed by atoms with Gasteiger partial charge in [-0.25, -0.2) is 4.79 Å². The van der Waals surface area contributed by atoms with Crippen LogP contribution in [0.2, 0.25) is 0 Å². The summed E-state index contributed by atoms with van der Waals surface area (Å²) in [5.41, 5.74) is -0.687. The molecule has 40 heavy (non-hydrogen) atoms. The van der Waals surface area contributed by atoms with Crippen LogP contribution in [0.4, 0.5) is 4.79 Å². The van der Waals surface area contributed by atoms with Gasteiger partial charge in [0, 0.05) is 27.7 Å². The molecule has 0 bridgehead atoms. The highest BCUT2D eigenvalue weighted by Crippen LogP contribution is 2.28. The lowest BCUT2D eigenvalue weighted by atomic mass is 9.97. The number of carbonyl (C=O) groups is 5. The van der Waals surface area contributed by atoms with Crippen LogP contribution in [0.5, 0.6) is 0 Å².